The van der Waals surface area contributed by atoms with E-state index >= 15 is 0 Å². The number of ether oxygens (including phenoxy) is 2. The Labute approximate surface area is 191 Å². The van der Waals surface area contributed by atoms with E-state index in [0.717, 1.165) is 5.56 Å². The van der Waals surface area contributed by atoms with Crippen molar-refractivity contribution in [2.24, 2.45) is 0 Å². The normalized spacial score (nSPS) is 5.48. The molecule has 0 aromatic heterocycles. The second-order valence-electron chi connectivity index (χ2n) is 2.88. The molecular weight excluding hydrogens is 474 g/mol. The van der Waals surface area contributed by atoms with Gasteiger partial charge in [0.15, 0.2) is 0 Å². The molecule has 0 aliphatic heterocycles. The first kappa shape index (κ1) is 50.6. The molecular formula is C19H16Co2O8. The Morgan fingerprint density at radius 2 is 1.00 bits per heavy atom. The summed E-state index contributed by atoms with van der Waals surface area (Å²) in [7, 11) is 0. The summed E-state index contributed by atoms with van der Waals surface area (Å²) in [6, 6.07) is 9.80. The molecule has 0 atom stereocenters. The van der Waals surface area contributed by atoms with Crippen molar-refractivity contribution in [3.63, 3.8) is 0 Å². The summed E-state index contributed by atoms with van der Waals surface area (Å²) in [5, 5.41) is 0. The van der Waals surface area contributed by atoms with E-state index in [1.807, 2.05) is 44.2 Å². The molecule has 8 nitrogen and oxygen atoms in total. The number of benzene rings is 1. The first-order valence-electron chi connectivity index (χ1n) is 6.39. The van der Waals surface area contributed by atoms with Gasteiger partial charge in [-0.05, 0) is 31.9 Å². The Morgan fingerprint density at radius 3 is 1.28 bits per heavy atom. The fourth-order valence-electron chi connectivity index (χ4n) is 1.10. The number of rotatable bonds is 4. The van der Waals surface area contributed by atoms with E-state index in [1.54, 1.807) is 0 Å². The first-order chi connectivity index (χ1) is 13.4. The van der Waals surface area contributed by atoms with Crippen molar-refractivity contribution in [2.45, 2.75) is 20.1 Å². The molecule has 0 amide bonds. The standard InChI is InChI=1S/C13H16O2.6CO.2Co/c1-3-14-13(15-4-2)11-10-12-8-6-5-7-9-12;6*1-2;;/h5-9,13H,3-4H2,1-2H3;;;;;;;;. The van der Waals surface area contributed by atoms with Gasteiger partial charge in [0.05, 0.1) is 0 Å². The molecule has 158 valence electrons. The number of hydrogen-bond acceptors (Lipinski definition) is 2. The molecule has 10 heteroatoms. The van der Waals surface area contributed by atoms with Crippen LogP contribution >= 0.6 is 0 Å². The predicted octanol–water partition coefficient (Wildman–Crippen LogP) is 2.21. The largest absolute Gasteiger partial charge is 0 e. The topological polar surface area (TPSA) is 138 Å². The second-order valence-corrected chi connectivity index (χ2v) is 2.88. The molecule has 1 rings (SSSR count). The maximum Gasteiger partial charge on any atom is 0 e. The average molecular weight is 490 g/mol. The van der Waals surface area contributed by atoms with Crippen molar-refractivity contribution in [2.75, 3.05) is 13.2 Å². The van der Waals surface area contributed by atoms with Crippen molar-refractivity contribution in [3.8, 4) is 11.8 Å². The zero-order valence-corrected chi connectivity index (χ0v) is 17.4. The van der Waals surface area contributed by atoms with Crippen molar-refractivity contribution >= 4 is 0 Å². The average Bonchev–Trinajstić information content (AvgIpc) is 2.81. The molecule has 0 unspecified atom stereocenters. The van der Waals surface area contributed by atoms with Crippen molar-refractivity contribution in [1.29, 1.82) is 0 Å². The molecule has 0 heterocycles. The fraction of sp³-hybridized carbons (Fsp3) is 0.263. The third-order valence-electron chi connectivity index (χ3n) is 1.74. The summed E-state index contributed by atoms with van der Waals surface area (Å²) in [5.74, 6) is 5.96. The maximum absolute atomic E-state index is 7.50. The third kappa shape index (κ3) is 51.9. The summed E-state index contributed by atoms with van der Waals surface area (Å²) >= 11 is 0. The Hall–Kier alpha value is -1.85. The monoisotopic (exact) mass is 490 g/mol. The van der Waals surface area contributed by atoms with Gasteiger partial charge in [0.2, 0.25) is 6.29 Å². The number of hydrogen-bond donors (Lipinski definition) is 0. The minimum absolute atomic E-state index is 0. The molecule has 0 aliphatic carbocycles. The van der Waals surface area contributed by atoms with E-state index in [4.69, 9.17) is 37.4 Å². The molecule has 0 fully saturated rings. The van der Waals surface area contributed by atoms with Crippen LogP contribution in [0.3, 0.4) is 0 Å². The summed E-state index contributed by atoms with van der Waals surface area (Å²) in [4.78, 5) is 0. The first-order valence-corrected chi connectivity index (χ1v) is 6.39. The van der Waals surface area contributed by atoms with Crippen LogP contribution in [0.25, 0.3) is 0 Å². The van der Waals surface area contributed by atoms with Gasteiger partial charge in [-0.2, -0.15) is 0 Å². The van der Waals surface area contributed by atoms with Crippen LogP contribution in [0.5, 0.6) is 0 Å². The Morgan fingerprint density at radius 1 is 0.690 bits per heavy atom. The molecule has 0 N–H and O–H groups in total. The molecule has 1 aromatic carbocycles. The summed E-state index contributed by atoms with van der Waals surface area (Å²) in [6.45, 7) is 32.1. The van der Waals surface area contributed by atoms with E-state index in [9.17, 15) is 0 Å². The van der Waals surface area contributed by atoms with Crippen molar-refractivity contribution < 1.29 is 70.9 Å². The van der Waals surface area contributed by atoms with Gasteiger partial charge < -0.3 is 9.47 Å². The molecule has 29 heavy (non-hydrogen) atoms. The van der Waals surface area contributed by atoms with Crippen LogP contribution in [0.2, 0.25) is 0 Å². The smallest absolute Gasteiger partial charge is 0 e. The van der Waals surface area contributed by atoms with Gasteiger partial charge in [-0.25, -0.2) is 0 Å². The molecule has 0 spiro atoms. The third-order valence-corrected chi connectivity index (χ3v) is 1.74. The summed E-state index contributed by atoms with van der Waals surface area (Å²) in [5.41, 5.74) is 0.974. The molecule has 0 saturated carbocycles. The van der Waals surface area contributed by atoms with E-state index in [-0.39, 0.29) is 33.6 Å². The van der Waals surface area contributed by atoms with Crippen LogP contribution in [0.1, 0.15) is 19.4 Å². The van der Waals surface area contributed by atoms with E-state index < -0.39 is 6.29 Å². The van der Waals surface area contributed by atoms with Gasteiger partial charge in [-0.1, -0.05) is 24.1 Å². The van der Waals surface area contributed by atoms with E-state index in [0.29, 0.717) is 13.2 Å². The van der Waals surface area contributed by atoms with E-state index in [2.05, 4.69) is 51.7 Å². The van der Waals surface area contributed by atoms with Gasteiger partial charge in [0.1, 0.15) is 0 Å². The van der Waals surface area contributed by atoms with E-state index in [1.165, 1.54) is 0 Å². The maximum atomic E-state index is 7.50. The second kappa shape index (κ2) is 72.1. The van der Waals surface area contributed by atoms with Crippen LogP contribution in [0.4, 0.5) is 0 Å². The quantitative estimate of drug-likeness (QED) is 0.277. The fourth-order valence-corrected chi connectivity index (χ4v) is 1.10. The molecule has 2 radical (unpaired) electrons. The SMILES string of the molecule is CCOC(C#Cc1ccccc1)OCC.[C-]#[O+].[C-]#[O+].[C-]#[O+].[C-]#[O+].[C-]#[O+].[C-]#[O+].[Co].[Co]. The Bertz CT molecular complexity index is 514. The summed E-state index contributed by atoms with van der Waals surface area (Å²) in [6.07, 6.45) is -0.416. The van der Waals surface area contributed by atoms with Crippen molar-refractivity contribution in [1.82, 2.24) is 0 Å². The zero-order chi connectivity index (χ0) is 22.9. The van der Waals surface area contributed by atoms with Gasteiger partial charge in [0, 0.05) is 52.3 Å². The van der Waals surface area contributed by atoms with Crippen LogP contribution in [-0.4, -0.2) is 19.5 Å². The predicted molar refractivity (Wildman–Crippen MR) is 83.9 cm³/mol. The Balaban J connectivity index is -0.0000000453. The van der Waals surface area contributed by atoms with Gasteiger partial charge in [-0.15, -0.1) is 0 Å². The van der Waals surface area contributed by atoms with Crippen LogP contribution in [0, 0.1) is 51.7 Å². The van der Waals surface area contributed by atoms with Crippen LogP contribution < -0.4 is 0 Å². The van der Waals surface area contributed by atoms with Gasteiger partial charge >= 0.3 is 67.8 Å². The molecule has 0 saturated heterocycles. The van der Waals surface area contributed by atoms with Gasteiger partial charge in [0.25, 0.3) is 0 Å². The van der Waals surface area contributed by atoms with Crippen molar-refractivity contribution in [3.05, 3.63) is 75.8 Å². The molecule has 0 bridgehead atoms. The van der Waals surface area contributed by atoms with Gasteiger partial charge in [-0.3, -0.25) is 0 Å². The summed E-state index contributed by atoms with van der Waals surface area (Å²) < 4.78 is 55.6. The van der Waals surface area contributed by atoms with Crippen LogP contribution in [-0.2, 0) is 70.9 Å². The van der Waals surface area contributed by atoms with Crippen LogP contribution in [0.15, 0.2) is 30.3 Å². The zero-order valence-electron chi connectivity index (χ0n) is 15.3. The minimum atomic E-state index is -0.416. The molecule has 0 aliphatic rings. The Kier molecular flexibility index (Phi) is 126. The molecule has 1 aromatic rings. The minimum Gasteiger partial charge on any atom is 0 e.